The van der Waals surface area contributed by atoms with Crippen LogP contribution in [0.1, 0.15) is 387 Å². The van der Waals surface area contributed by atoms with E-state index in [1.807, 2.05) is 0 Å². The summed E-state index contributed by atoms with van der Waals surface area (Å²) in [5.74, 6) is -0.871. The molecule has 0 saturated carbocycles. The first-order chi connectivity index (χ1) is 40.5. The van der Waals surface area contributed by atoms with Crippen molar-refractivity contribution >= 4 is 17.9 Å². The standard InChI is InChI=1S/C76H138O6/c1-4-7-10-13-16-19-21-23-25-27-29-31-32-33-34-35-36-37-38-39-40-41-42-43-44-46-47-49-51-53-55-57-60-63-66-69-75(78)81-72-73(71-80-74(77)68-65-62-59-18-15-12-9-6-3)82-76(79)70-67-64-61-58-56-54-52-50-48-45-30-28-26-24-22-20-17-14-11-8-5-2/h21-24,27-30,48,50,73H,4-20,25-26,31-47,49,51-72H2,1-3H3/b23-21-,24-22-,29-27-,30-28-,50-48-. The molecule has 0 heterocycles. The zero-order valence-electron chi connectivity index (χ0n) is 55.0. The Morgan fingerprint density at radius 1 is 0.244 bits per heavy atom. The van der Waals surface area contributed by atoms with Gasteiger partial charge in [0, 0.05) is 19.3 Å². The summed E-state index contributed by atoms with van der Waals surface area (Å²) in [4.78, 5) is 38.2. The molecule has 0 radical (unpaired) electrons. The van der Waals surface area contributed by atoms with Crippen molar-refractivity contribution in [3.63, 3.8) is 0 Å². The van der Waals surface area contributed by atoms with E-state index in [1.165, 1.54) is 263 Å². The quantitative estimate of drug-likeness (QED) is 0.0261. The maximum atomic E-state index is 12.9. The van der Waals surface area contributed by atoms with Crippen LogP contribution in [0.15, 0.2) is 60.8 Å². The van der Waals surface area contributed by atoms with Crippen molar-refractivity contribution < 1.29 is 28.6 Å². The predicted octanol–water partition coefficient (Wildman–Crippen LogP) is 25.1. The van der Waals surface area contributed by atoms with Gasteiger partial charge in [-0.1, -0.05) is 338 Å². The highest BCUT2D eigenvalue weighted by Gasteiger charge is 2.19. The lowest BCUT2D eigenvalue weighted by atomic mass is 10.0. The Hall–Kier alpha value is -2.89. The molecule has 0 aromatic carbocycles. The first kappa shape index (κ1) is 79.1. The second-order valence-electron chi connectivity index (χ2n) is 24.5. The minimum Gasteiger partial charge on any atom is -0.462 e. The van der Waals surface area contributed by atoms with Crippen molar-refractivity contribution in [1.29, 1.82) is 0 Å². The fraction of sp³-hybridized carbons (Fsp3) is 0.829. The molecule has 82 heavy (non-hydrogen) atoms. The second kappa shape index (κ2) is 70.6. The first-order valence-electron chi connectivity index (χ1n) is 36.3. The largest absolute Gasteiger partial charge is 0.462 e. The van der Waals surface area contributed by atoms with Gasteiger partial charge in [-0.05, 0) is 89.9 Å². The Kier molecular flexibility index (Phi) is 68.1. The molecule has 0 saturated heterocycles. The molecule has 0 spiro atoms. The summed E-state index contributed by atoms with van der Waals surface area (Å²) < 4.78 is 16.9. The lowest BCUT2D eigenvalue weighted by Gasteiger charge is -2.18. The molecule has 478 valence electrons. The average molecular weight is 1150 g/mol. The summed E-state index contributed by atoms with van der Waals surface area (Å²) in [5.41, 5.74) is 0. The number of unbranched alkanes of at least 4 members (excludes halogenated alkanes) is 46. The van der Waals surface area contributed by atoms with E-state index in [0.717, 1.165) is 83.5 Å². The van der Waals surface area contributed by atoms with Crippen LogP contribution in [0.4, 0.5) is 0 Å². The summed E-state index contributed by atoms with van der Waals surface area (Å²) in [6.07, 6.45) is 91.5. The molecule has 0 aromatic heterocycles. The molecule has 0 aromatic rings. The third-order valence-corrected chi connectivity index (χ3v) is 16.2. The topological polar surface area (TPSA) is 78.9 Å². The maximum Gasteiger partial charge on any atom is 0.306 e. The lowest BCUT2D eigenvalue weighted by Crippen LogP contribution is -2.30. The molecule has 0 aliphatic carbocycles. The Bertz CT molecular complexity index is 1460. The molecule has 0 aliphatic heterocycles. The fourth-order valence-electron chi connectivity index (χ4n) is 10.8. The van der Waals surface area contributed by atoms with Crippen LogP contribution in [0.5, 0.6) is 0 Å². The van der Waals surface area contributed by atoms with Crippen molar-refractivity contribution in [3.05, 3.63) is 60.8 Å². The van der Waals surface area contributed by atoms with Crippen molar-refractivity contribution in [3.8, 4) is 0 Å². The van der Waals surface area contributed by atoms with Crippen LogP contribution in [0, 0.1) is 0 Å². The van der Waals surface area contributed by atoms with Gasteiger partial charge >= 0.3 is 17.9 Å². The van der Waals surface area contributed by atoms with E-state index in [0.29, 0.717) is 19.3 Å². The van der Waals surface area contributed by atoms with E-state index in [9.17, 15) is 14.4 Å². The van der Waals surface area contributed by atoms with Gasteiger partial charge < -0.3 is 14.2 Å². The van der Waals surface area contributed by atoms with E-state index >= 15 is 0 Å². The van der Waals surface area contributed by atoms with E-state index in [4.69, 9.17) is 14.2 Å². The van der Waals surface area contributed by atoms with Gasteiger partial charge in [-0.15, -0.1) is 0 Å². The third-order valence-electron chi connectivity index (χ3n) is 16.2. The van der Waals surface area contributed by atoms with Gasteiger partial charge in [0.25, 0.3) is 0 Å². The van der Waals surface area contributed by atoms with Gasteiger partial charge in [-0.25, -0.2) is 0 Å². The van der Waals surface area contributed by atoms with Gasteiger partial charge in [-0.2, -0.15) is 0 Å². The molecule has 0 N–H and O–H groups in total. The summed E-state index contributed by atoms with van der Waals surface area (Å²) >= 11 is 0. The number of hydrogen-bond donors (Lipinski definition) is 0. The highest BCUT2D eigenvalue weighted by molar-refractivity contribution is 5.71. The van der Waals surface area contributed by atoms with E-state index in [2.05, 4.69) is 81.5 Å². The monoisotopic (exact) mass is 1150 g/mol. The number of hydrogen-bond acceptors (Lipinski definition) is 6. The van der Waals surface area contributed by atoms with Gasteiger partial charge in [0.2, 0.25) is 0 Å². The fourth-order valence-corrected chi connectivity index (χ4v) is 10.8. The Morgan fingerprint density at radius 2 is 0.439 bits per heavy atom. The summed E-state index contributed by atoms with van der Waals surface area (Å²) in [5, 5.41) is 0. The molecule has 0 amide bonds. The average Bonchev–Trinajstić information content (AvgIpc) is 3.48. The van der Waals surface area contributed by atoms with Crippen LogP contribution in [-0.2, 0) is 28.6 Å². The van der Waals surface area contributed by atoms with E-state index < -0.39 is 6.10 Å². The highest BCUT2D eigenvalue weighted by Crippen LogP contribution is 2.18. The third kappa shape index (κ3) is 67.9. The van der Waals surface area contributed by atoms with Crippen LogP contribution in [0.3, 0.4) is 0 Å². The van der Waals surface area contributed by atoms with E-state index in [1.54, 1.807) is 0 Å². The smallest absolute Gasteiger partial charge is 0.306 e. The van der Waals surface area contributed by atoms with E-state index in [-0.39, 0.29) is 31.1 Å². The van der Waals surface area contributed by atoms with Gasteiger partial charge in [-0.3, -0.25) is 14.4 Å². The van der Waals surface area contributed by atoms with Crippen molar-refractivity contribution in [1.82, 2.24) is 0 Å². The molecule has 0 aliphatic rings. The second-order valence-corrected chi connectivity index (χ2v) is 24.5. The number of carbonyl (C=O) groups is 3. The molecule has 6 heteroatoms. The Labute approximate surface area is 510 Å². The zero-order chi connectivity index (χ0) is 59.2. The van der Waals surface area contributed by atoms with Crippen molar-refractivity contribution in [2.24, 2.45) is 0 Å². The molecule has 0 fully saturated rings. The van der Waals surface area contributed by atoms with Gasteiger partial charge in [0.15, 0.2) is 6.10 Å². The molecular weight excluding hydrogens is 1010 g/mol. The number of esters is 3. The molecule has 1 atom stereocenters. The Balaban J connectivity index is 4.01. The van der Waals surface area contributed by atoms with Crippen LogP contribution in [0.2, 0.25) is 0 Å². The first-order valence-corrected chi connectivity index (χ1v) is 36.3. The normalized spacial score (nSPS) is 12.4. The lowest BCUT2D eigenvalue weighted by molar-refractivity contribution is -0.167. The van der Waals surface area contributed by atoms with Crippen LogP contribution >= 0.6 is 0 Å². The molecular formula is C76H138O6. The van der Waals surface area contributed by atoms with Crippen molar-refractivity contribution in [2.45, 2.75) is 393 Å². The summed E-state index contributed by atoms with van der Waals surface area (Å²) in [7, 11) is 0. The van der Waals surface area contributed by atoms with Gasteiger partial charge in [0.1, 0.15) is 13.2 Å². The van der Waals surface area contributed by atoms with Crippen LogP contribution in [-0.4, -0.2) is 37.2 Å². The summed E-state index contributed by atoms with van der Waals surface area (Å²) in [6, 6.07) is 0. The van der Waals surface area contributed by atoms with Crippen molar-refractivity contribution in [2.75, 3.05) is 13.2 Å². The maximum absolute atomic E-state index is 12.9. The summed E-state index contributed by atoms with van der Waals surface area (Å²) in [6.45, 7) is 6.63. The molecule has 0 rings (SSSR count). The Morgan fingerprint density at radius 3 is 0.683 bits per heavy atom. The highest BCUT2D eigenvalue weighted by atomic mass is 16.6. The SMILES string of the molecule is CCCCCCC/C=C\C/C=C\C/C=C\CCCCCCCCC(=O)OC(COC(=O)CCCCCCCCCC)COC(=O)CCCCCCCCCCCCCCCCCCCCCCCCC/C=C\C/C=C\CCCCCCC. The van der Waals surface area contributed by atoms with Gasteiger partial charge in [0.05, 0.1) is 0 Å². The minimum atomic E-state index is -0.778. The van der Waals surface area contributed by atoms with Crippen LogP contribution in [0.25, 0.3) is 0 Å². The van der Waals surface area contributed by atoms with Crippen LogP contribution < -0.4 is 0 Å². The molecule has 1 unspecified atom stereocenters. The number of carbonyl (C=O) groups excluding carboxylic acids is 3. The number of allylic oxidation sites excluding steroid dienone is 10. The number of rotatable bonds is 67. The zero-order valence-corrected chi connectivity index (χ0v) is 55.0. The molecule has 0 bridgehead atoms. The number of ether oxygens (including phenoxy) is 3. The molecule has 6 nitrogen and oxygen atoms in total. The predicted molar refractivity (Wildman–Crippen MR) is 358 cm³/mol. The minimum absolute atomic E-state index is 0.0748.